The second-order valence-corrected chi connectivity index (χ2v) is 4.54. The molecular weight excluding hydrogens is 280 g/mol. The normalized spacial score (nSPS) is 12.2. The Balaban J connectivity index is 2.08. The van der Waals surface area contributed by atoms with Crippen LogP contribution in [0.4, 0.5) is 8.78 Å². The Hall–Kier alpha value is -2.37. The van der Waals surface area contributed by atoms with Gasteiger partial charge in [-0.3, -0.25) is 4.79 Å². The van der Waals surface area contributed by atoms with Crippen LogP contribution in [0.5, 0.6) is 5.75 Å². The number of nitrogens with one attached hydrogen (secondary N) is 1. The van der Waals surface area contributed by atoms with Gasteiger partial charge in [0.1, 0.15) is 11.5 Å². The maximum absolute atomic E-state index is 12.2. The predicted molar refractivity (Wildman–Crippen MR) is 72.4 cm³/mol. The summed E-state index contributed by atoms with van der Waals surface area (Å²) in [5.41, 5.74) is 1.12. The molecule has 2 aromatic rings. The molecule has 0 saturated heterocycles. The van der Waals surface area contributed by atoms with Crippen molar-refractivity contribution < 1.29 is 22.7 Å². The molecule has 1 aromatic heterocycles. The van der Waals surface area contributed by atoms with E-state index in [9.17, 15) is 13.6 Å². The van der Waals surface area contributed by atoms with Gasteiger partial charge in [0.05, 0.1) is 17.9 Å². The van der Waals surface area contributed by atoms with Crippen LogP contribution in [0.25, 0.3) is 0 Å². The van der Waals surface area contributed by atoms with Crippen LogP contribution in [0.2, 0.25) is 0 Å². The van der Waals surface area contributed by atoms with E-state index in [0.29, 0.717) is 16.9 Å². The van der Waals surface area contributed by atoms with Crippen LogP contribution in [0.1, 0.15) is 34.6 Å². The number of carbonyl (C=O) groups is 1. The van der Waals surface area contributed by atoms with Gasteiger partial charge < -0.3 is 14.5 Å². The Morgan fingerprint density at radius 3 is 2.71 bits per heavy atom. The van der Waals surface area contributed by atoms with Crippen molar-refractivity contribution in [3.63, 3.8) is 0 Å². The van der Waals surface area contributed by atoms with E-state index in [-0.39, 0.29) is 17.7 Å². The lowest BCUT2D eigenvalue weighted by Crippen LogP contribution is -2.26. The van der Waals surface area contributed by atoms with Crippen molar-refractivity contribution in [3.8, 4) is 5.75 Å². The van der Waals surface area contributed by atoms with Gasteiger partial charge in [0, 0.05) is 0 Å². The molecule has 0 aliphatic rings. The Morgan fingerprint density at radius 2 is 2.10 bits per heavy atom. The van der Waals surface area contributed by atoms with Crippen LogP contribution in [0, 0.1) is 6.92 Å². The molecule has 0 aliphatic heterocycles. The molecule has 0 aliphatic carbocycles. The van der Waals surface area contributed by atoms with Gasteiger partial charge in [-0.15, -0.1) is 0 Å². The highest BCUT2D eigenvalue weighted by Crippen LogP contribution is 2.21. The van der Waals surface area contributed by atoms with E-state index >= 15 is 0 Å². The number of ether oxygens (including phenoxy) is 1. The topological polar surface area (TPSA) is 51.5 Å². The quantitative estimate of drug-likeness (QED) is 0.915. The van der Waals surface area contributed by atoms with Crippen molar-refractivity contribution in [2.24, 2.45) is 0 Å². The van der Waals surface area contributed by atoms with Crippen LogP contribution in [-0.4, -0.2) is 12.5 Å². The zero-order chi connectivity index (χ0) is 15.4. The number of alkyl halides is 2. The maximum Gasteiger partial charge on any atom is 0.387 e. The first-order chi connectivity index (χ1) is 9.97. The lowest BCUT2D eigenvalue weighted by Gasteiger charge is -2.15. The average Bonchev–Trinajstić information content (AvgIpc) is 2.84. The Labute approximate surface area is 120 Å². The summed E-state index contributed by atoms with van der Waals surface area (Å²) < 4.78 is 33.8. The first kappa shape index (κ1) is 15.0. The molecule has 0 fully saturated rings. The molecule has 0 bridgehead atoms. The van der Waals surface area contributed by atoms with E-state index in [1.54, 1.807) is 32.0 Å². The molecule has 6 heteroatoms. The summed E-state index contributed by atoms with van der Waals surface area (Å²) in [5, 5.41) is 2.78. The van der Waals surface area contributed by atoms with Crippen LogP contribution in [-0.2, 0) is 0 Å². The molecule has 0 unspecified atom stereocenters. The van der Waals surface area contributed by atoms with E-state index in [4.69, 9.17) is 4.42 Å². The Kier molecular flexibility index (Phi) is 4.57. The van der Waals surface area contributed by atoms with E-state index < -0.39 is 6.61 Å². The molecule has 0 saturated carbocycles. The van der Waals surface area contributed by atoms with Gasteiger partial charge in [0.25, 0.3) is 5.91 Å². The molecule has 1 N–H and O–H groups in total. The number of aryl methyl sites for hydroxylation is 1. The molecule has 1 atom stereocenters. The molecule has 0 spiro atoms. The van der Waals surface area contributed by atoms with Crippen LogP contribution in [0.3, 0.4) is 0 Å². The van der Waals surface area contributed by atoms with Gasteiger partial charge in [-0.2, -0.15) is 8.78 Å². The summed E-state index contributed by atoms with van der Waals surface area (Å²) in [6.07, 6.45) is 1.44. The van der Waals surface area contributed by atoms with Crippen LogP contribution >= 0.6 is 0 Å². The molecule has 1 aromatic carbocycles. The third kappa shape index (κ3) is 3.81. The summed E-state index contributed by atoms with van der Waals surface area (Å²) in [7, 11) is 0. The third-order valence-electron chi connectivity index (χ3n) is 3.03. The predicted octanol–water partition coefficient (Wildman–Crippen LogP) is 3.68. The molecule has 112 valence electrons. The summed E-state index contributed by atoms with van der Waals surface area (Å²) in [4.78, 5) is 12.1. The zero-order valence-corrected chi connectivity index (χ0v) is 11.6. The minimum atomic E-state index is -2.88. The summed E-state index contributed by atoms with van der Waals surface area (Å²) in [5.74, 6) is 0.298. The van der Waals surface area contributed by atoms with Gasteiger partial charge in [0.15, 0.2) is 0 Å². The standard InChI is InChI=1S/C15H15F2NO3/c1-9(18-14(19)13-6-7-20-10(13)2)11-4-3-5-12(8-11)21-15(16)17/h3-9,15H,1-2H3,(H,18,19)/t9-/m1/s1. The second kappa shape index (κ2) is 6.39. The second-order valence-electron chi connectivity index (χ2n) is 4.54. The van der Waals surface area contributed by atoms with Gasteiger partial charge in [0.2, 0.25) is 0 Å². The number of hydrogen-bond donors (Lipinski definition) is 1. The largest absolute Gasteiger partial charge is 0.469 e. The summed E-state index contributed by atoms with van der Waals surface area (Å²) in [6.45, 7) is 0.574. The Morgan fingerprint density at radius 1 is 1.33 bits per heavy atom. The highest BCUT2D eigenvalue weighted by atomic mass is 19.3. The van der Waals surface area contributed by atoms with Gasteiger partial charge in [-0.05, 0) is 37.6 Å². The average molecular weight is 295 g/mol. The fourth-order valence-electron chi connectivity index (χ4n) is 1.94. The van der Waals surface area contributed by atoms with Crippen LogP contribution < -0.4 is 10.1 Å². The van der Waals surface area contributed by atoms with Crippen molar-refractivity contribution in [1.82, 2.24) is 5.32 Å². The molecule has 1 heterocycles. The van der Waals surface area contributed by atoms with Crippen molar-refractivity contribution in [3.05, 3.63) is 53.5 Å². The molecular formula is C15H15F2NO3. The minimum Gasteiger partial charge on any atom is -0.469 e. The Bertz CT molecular complexity index is 625. The van der Waals surface area contributed by atoms with Gasteiger partial charge in [-0.25, -0.2) is 0 Å². The number of carbonyl (C=O) groups excluding carboxylic acids is 1. The van der Waals surface area contributed by atoms with Gasteiger partial charge >= 0.3 is 6.61 Å². The van der Waals surface area contributed by atoms with E-state index in [1.807, 2.05) is 0 Å². The summed E-state index contributed by atoms with van der Waals surface area (Å²) in [6, 6.07) is 7.45. The number of furan rings is 1. The third-order valence-corrected chi connectivity index (χ3v) is 3.03. The highest BCUT2D eigenvalue weighted by molar-refractivity contribution is 5.95. The highest BCUT2D eigenvalue weighted by Gasteiger charge is 2.15. The van der Waals surface area contributed by atoms with Gasteiger partial charge in [-0.1, -0.05) is 12.1 Å². The van der Waals surface area contributed by atoms with E-state index in [1.165, 1.54) is 18.4 Å². The maximum atomic E-state index is 12.2. The number of hydrogen-bond acceptors (Lipinski definition) is 3. The van der Waals surface area contributed by atoms with Crippen molar-refractivity contribution >= 4 is 5.91 Å². The first-order valence-electron chi connectivity index (χ1n) is 6.37. The number of halogens is 2. The molecule has 21 heavy (non-hydrogen) atoms. The van der Waals surface area contributed by atoms with Crippen molar-refractivity contribution in [1.29, 1.82) is 0 Å². The van der Waals surface area contributed by atoms with Crippen molar-refractivity contribution in [2.45, 2.75) is 26.5 Å². The van der Waals surface area contributed by atoms with E-state index in [2.05, 4.69) is 10.1 Å². The molecule has 0 radical (unpaired) electrons. The molecule has 2 rings (SSSR count). The minimum absolute atomic E-state index is 0.0584. The monoisotopic (exact) mass is 295 g/mol. The lowest BCUT2D eigenvalue weighted by molar-refractivity contribution is -0.0499. The van der Waals surface area contributed by atoms with Crippen LogP contribution in [0.15, 0.2) is 41.0 Å². The first-order valence-corrected chi connectivity index (χ1v) is 6.37. The lowest BCUT2D eigenvalue weighted by atomic mass is 10.1. The smallest absolute Gasteiger partial charge is 0.387 e. The van der Waals surface area contributed by atoms with E-state index in [0.717, 1.165) is 0 Å². The zero-order valence-electron chi connectivity index (χ0n) is 11.6. The summed E-state index contributed by atoms with van der Waals surface area (Å²) >= 11 is 0. The fourth-order valence-corrected chi connectivity index (χ4v) is 1.94. The molecule has 4 nitrogen and oxygen atoms in total. The van der Waals surface area contributed by atoms with Crippen molar-refractivity contribution in [2.75, 3.05) is 0 Å². The number of rotatable bonds is 5. The number of benzene rings is 1. The molecule has 1 amide bonds. The SMILES string of the molecule is Cc1occc1C(=O)N[C@H](C)c1cccc(OC(F)F)c1. The fraction of sp³-hybridized carbons (Fsp3) is 0.267. The number of amides is 1.